The van der Waals surface area contributed by atoms with Gasteiger partial charge in [0.2, 0.25) is 0 Å². The Morgan fingerprint density at radius 2 is 1.12 bits per heavy atom. The van der Waals surface area contributed by atoms with Crippen molar-refractivity contribution in [3.63, 3.8) is 0 Å². The number of hydrogen-bond donors (Lipinski definition) is 0. The van der Waals surface area contributed by atoms with Crippen molar-refractivity contribution < 1.29 is 37.0 Å². The zero-order chi connectivity index (χ0) is 4.50. The molecule has 8 heavy (non-hydrogen) atoms. The average molecular weight is 349 g/mol. The predicted molar refractivity (Wildman–Crippen MR) is 22.0 cm³/mol. The van der Waals surface area contributed by atoms with Crippen molar-refractivity contribution in [3.05, 3.63) is 0 Å². The molecule has 0 saturated carbocycles. The molecule has 0 rings (SSSR count). The first kappa shape index (κ1) is 22.5. The molecule has 0 aliphatic carbocycles. The van der Waals surface area contributed by atoms with Crippen LogP contribution in [-0.2, 0) is 29.9 Å². The molecule has 36 valence electrons. The molecule has 0 heterocycles. The van der Waals surface area contributed by atoms with Gasteiger partial charge in [0, 0.05) is 28.0 Å². The van der Waals surface area contributed by atoms with Gasteiger partial charge in [0.25, 0.3) is 0 Å². The molecule has 0 fully saturated rings. The molecular weight excluding hydrogens is 349 g/mol. The Balaban J connectivity index is -0.0000000267. The van der Waals surface area contributed by atoms with Crippen LogP contribution in [0, 0.1) is 0 Å². The Bertz CT molecular complexity index is 99.2. The van der Waals surface area contributed by atoms with Crippen molar-refractivity contribution in [1.82, 2.24) is 0 Å². The minimum absolute atomic E-state index is 0. The summed E-state index contributed by atoms with van der Waals surface area (Å²) in [7, 11) is -5.17. The third-order valence-corrected chi connectivity index (χ3v) is 0. The summed E-state index contributed by atoms with van der Waals surface area (Å²) in [5.41, 5.74) is 0. The summed E-state index contributed by atoms with van der Waals surface area (Å²) in [5, 5.41) is 0. The standard InChI is InChI=1S/Ge.In.H2O4S.Zn/c;;1-5(2,3)4;/h;;(H2,1,2,3,4);/q;+3;;+2/p-2. The van der Waals surface area contributed by atoms with Gasteiger partial charge in [-0.25, -0.2) is 0 Å². The van der Waals surface area contributed by atoms with Gasteiger partial charge in [-0.1, -0.05) is 0 Å². The van der Waals surface area contributed by atoms with Gasteiger partial charge >= 0.3 is 45.3 Å². The first-order valence-electron chi connectivity index (χ1n) is 0.667. The van der Waals surface area contributed by atoms with Gasteiger partial charge in [0.15, 0.2) is 0 Å². The van der Waals surface area contributed by atoms with Crippen LogP contribution in [-0.4, -0.2) is 61.0 Å². The minimum atomic E-state index is -5.17. The van der Waals surface area contributed by atoms with Crippen LogP contribution in [0.2, 0.25) is 0 Å². The summed E-state index contributed by atoms with van der Waals surface area (Å²) in [5.74, 6) is 0. The zero-order valence-corrected chi connectivity index (χ0v) is 13.0. The summed E-state index contributed by atoms with van der Waals surface area (Å²) < 4.78 is 34.1. The molecule has 4 nitrogen and oxygen atoms in total. The Hall–Kier alpha value is 1.91. The summed E-state index contributed by atoms with van der Waals surface area (Å²) in [4.78, 5) is 0. The SMILES string of the molecule is O=S(=O)([O-])[O-].[Ge].[In+3].[Zn+2]. The first-order chi connectivity index (χ1) is 2.00. The summed E-state index contributed by atoms with van der Waals surface area (Å²) in [6.45, 7) is 0. The number of rotatable bonds is 0. The average Bonchev–Trinajstić information content (AvgIpc) is 0.722. The van der Waals surface area contributed by atoms with Crippen molar-refractivity contribution in [3.8, 4) is 0 Å². The van der Waals surface area contributed by atoms with Crippen molar-refractivity contribution >= 4 is 53.8 Å². The van der Waals surface area contributed by atoms with Gasteiger partial charge in [-0.2, -0.15) is 0 Å². The molecule has 0 bridgehead atoms. The van der Waals surface area contributed by atoms with E-state index in [0.717, 1.165) is 0 Å². The van der Waals surface area contributed by atoms with Crippen LogP contribution in [0.25, 0.3) is 0 Å². The van der Waals surface area contributed by atoms with E-state index in [9.17, 15) is 0 Å². The molecule has 0 saturated heterocycles. The molecule has 4 radical (unpaired) electrons. The molecule has 0 aromatic carbocycles. The number of hydrogen-bond acceptors (Lipinski definition) is 4. The van der Waals surface area contributed by atoms with Crippen molar-refractivity contribution in [2.24, 2.45) is 0 Å². The second kappa shape index (κ2) is 8.91. The van der Waals surface area contributed by atoms with E-state index in [1.54, 1.807) is 0 Å². The summed E-state index contributed by atoms with van der Waals surface area (Å²) in [6.07, 6.45) is 0. The fourth-order valence-corrected chi connectivity index (χ4v) is 0. The molecule has 0 amide bonds. The van der Waals surface area contributed by atoms with E-state index < -0.39 is 10.4 Å². The molecule has 0 N–H and O–H groups in total. The van der Waals surface area contributed by atoms with Crippen LogP contribution in [0.3, 0.4) is 0 Å². The van der Waals surface area contributed by atoms with E-state index in [4.69, 9.17) is 17.5 Å². The van der Waals surface area contributed by atoms with Gasteiger partial charge in [0.1, 0.15) is 0 Å². The molecule has 0 aliphatic rings. The Morgan fingerprint density at radius 3 is 1.12 bits per heavy atom. The monoisotopic (exact) mass is 349 g/mol. The van der Waals surface area contributed by atoms with E-state index in [-0.39, 0.29) is 62.9 Å². The van der Waals surface area contributed by atoms with E-state index >= 15 is 0 Å². The molecule has 0 aliphatic heterocycles. The predicted octanol–water partition coefficient (Wildman–Crippen LogP) is -2.10. The smallest absolute Gasteiger partial charge is 0.759 e. The third-order valence-electron chi connectivity index (χ3n) is 0. The van der Waals surface area contributed by atoms with E-state index in [1.807, 2.05) is 0 Å². The van der Waals surface area contributed by atoms with Crippen LogP contribution in [0.4, 0.5) is 0 Å². The zero-order valence-electron chi connectivity index (χ0n) is 3.83. The molecule has 0 atom stereocenters. The second-order valence-corrected chi connectivity index (χ2v) is 1.22. The summed E-state index contributed by atoms with van der Waals surface area (Å²) in [6, 6.07) is 0. The van der Waals surface area contributed by atoms with Gasteiger partial charge in [-0.15, -0.1) is 0 Å². The van der Waals surface area contributed by atoms with Crippen LogP contribution < -0.4 is 0 Å². The third kappa shape index (κ3) is 104. The van der Waals surface area contributed by atoms with Crippen LogP contribution in [0.5, 0.6) is 0 Å². The normalized spacial score (nSPS) is 7.25. The maximum absolute atomic E-state index is 8.52. The topological polar surface area (TPSA) is 80.3 Å². The van der Waals surface area contributed by atoms with Crippen molar-refractivity contribution in [2.75, 3.05) is 0 Å². The first-order valence-corrected chi connectivity index (χ1v) is 2.00. The molecule has 0 aromatic heterocycles. The Morgan fingerprint density at radius 1 is 1.12 bits per heavy atom. The fraction of sp³-hybridized carbons (Fsp3) is 0. The van der Waals surface area contributed by atoms with Crippen molar-refractivity contribution in [2.45, 2.75) is 0 Å². The largest absolute Gasteiger partial charge is 3.00 e. The molecule has 0 spiro atoms. The van der Waals surface area contributed by atoms with Crippen LogP contribution >= 0.6 is 0 Å². The van der Waals surface area contributed by atoms with Gasteiger partial charge in [0.05, 0.1) is 0 Å². The molecule has 0 aromatic rings. The maximum atomic E-state index is 8.52. The van der Waals surface area contributed by atoms with E-state index in [1.165, 1.54) is 0 Å². The Kier molecular flexibility index (Phi) is 25.1. The van der Waals surface area contributed by atoms with E-state index in [0.29, 0.717) is 0 Å². The van der Waals surface area contributed by atoms with E-state index in [2.05, 4.69) is 0 Å². The van der Waals surface area contributed by atoms with Crippen molar-refractivity contribution in [1.29, 1.82) is 0 Å². The van der Waals surface area contributed by atoms with Crippen LogP contribution in [0.1, 0.15) is 0 Å². The minimum Gasteiger partial charge on any atom is -0.759 e. The van der Waals surface area contributed by atoms with Gasteiger partial charge < -0.3 is 9.11 Å². The summed E-state index contributed by atoms with van der Waals surface area (Å²) >= 11 is 0. The second-order valence-electron chi connectivity index (χ2n) is 0.408. The molecular formula is GeInO4SZn+3. The maximum Gasteiger partial charge on any atom is 3.00 e. The van der Waals surface area contributed by atoms with Crippen LogP contribution in [0.15, 0.2) is 0 Å². The molecule has 8 heteroatoms. The quantitative estimate of drug-likeness (QED) is 0.285. The van der Waals surface area contributed by atoms with Gasteiger partial charge in [-0.3, -0.25) is 8.42 Å². The van der Waals surface area contributed by atoms with Gasteiger partial charge in [-0.05, 0) is 0 Å². The fourth-order valence-electron chi connectivity index (χ4n) is 0. The Labute approximate surface area is 89.9 Å². The molecule has 0 unspecified atom stereocenters.